The van der Waals surface area contributed by atoms with E-state index in [2.05, 4.69) is 10.2 Å². The number of carboxylic acids is 1. The number of Topliss-reactive ketones (excluding diaryl/α,β-unsaturated/α-hetero) is 1. The van der Waals surface area contributed by atoms with E-state index >= 15 is 0 Å². The average molecular weight is 295 g/mol. The number of ether oxygens (including phenoxy) is 1. The number of H-pyrrole nitrogens is 1. The van der Waals surface area contributed by atoms with Crippen LogP contribution in [0.5, 0.6) is 0 Å². The summed E-state index contributed by atoms with van der Waals surface area (Å²) < 4.78 is 5.32. The van der Waals surface area contributed by atoms with Crippen molar-refractivity contribution in [2.45, 2.75) is 25.8 Å². The Morgan fingerprint density at radius 2 is 2.33 bits per heavy atom. The van der Waals surface area contributed by atoms with Gasteiger partial charge in [0.25, 0.3) is 5.56 Å². The number of carboxylic acid groups (broad SMARTS) is 1. The van der Waals surface area contributed by atoms with Gasteiger partial charge in [-0.3, -0.25) is 14.4 Å². The van der Waals surface area contributed by atoms with Crippen LogP contribution in [0.4, 0.5) is 5.69 Å². The maximum absolute atomic E-state index is 11.7. The summed E-state index contributed by atoms with van der Waals surface area (Å²) in [6.45, 7) is 2.55. The molecule has 0 aliphatic carbocycles. The number of carbonyl (C=O) groups is 2. The Hall–Kier alpha value is -2.22. The Morgan fingerprint density at radius 3 is 2.90 bits per heavy atom. The number of hydrogen-bond acceptors (Lipinski definition) is 6. The molecular formula is C13H17N3O5. The standard InChI is InChI=1S/C13H17N3O5/c1-8(17)12-10(6-14-15-13(12)20)16-4-2-9(16)7-21-5-3-11(18)19/h6,9H,2-5,7H2,1H3,(H,15,20)(H,18,19). The first-order chi connectivity index (χ1) is 10.0. The van der Waals surface area contributed by atoms with Crippen LogP contribution in [0.1, 0.15) is 30.1 Å². The minimum absolute atomic E-state index is 0.0282. The third-order valence-corrected chi connectivity index (χ3v) is 3.41. The van der Waals surface area contributed by atoms with Crippen molar-refractivity contribution in [3.8, 4) is 0 Å². The second kappa shape index (κ2) is 6.49. The number of rotatable bonds is 7. The molecule has 2 heterocycles. The molecule has 2 N–H and O–H groups in total. The van der Waals surface area contributed by atoms with Crippen LogP contribution in [0.3, 0.4) is 0 Å². The topological polar surface area (TPSA) is 113 Å². The fourth-order valence-corrected chi connectivity index (χ4v) is 2.26. The number of hydrogen-bond donors (Lipinski definition) is 2. The van der Waals surface area contributed by atoms with Crippen LogP contribution < -0.4 is 10.5 Å². The molecule has 0 radical (unpaired) electrons. The van der Waals surface area contributed by atoms with Gasteiger partial charge in [0.15, 0.2) is 5.78 Å². The Balaban J connectivity index is 2.03. The first kappa shape index (κ1) is 15.2. The molecular weight excluding hydrogens is 278 g/mol. The number of ketones is 1. The summed E-state index contributed by atoms with van der Waals surface area (Å²) in [4.78, 5) is 35.6. The molecule has 0 amide bonds. The molecule has 114 valence electrons. The van der Waals surface area contributed by atoms with Crippen LogP contribution in [0, 0.1) is 0 Å². The first-order valence-corrected chi connectivity index (χ1v) is 6.65. The van der Waals surface area contributed by atoms with Gasteiger partial charge < -0.3 is 14.7 Å². The molecule has 21 heavy (non-hydrogen) atoms. The lowest BCUT2D eigenvalue weighted by molar-refractivity contribution is -0.138. The highest BCUT2D eigenvalue weighted by Gasteiger charge is 2.31. The van der Waals surface area contributed by atoms with Gasteiger partial charge in [-0.15, -0.1) is 0 Å². The van der Waals surface area contributed by atoms with Gasteiger partial charge in [0.1, 0.15) is 5.56 Å². The fourth-order valence-electron chi connectivity index (χ4n) is 2.26. The van der Waals surface area contributed by atoms with E-state index in [4.69, 9.17) is 9.84 Å². The van der Waals surface area contributed by atoms with Gasteiger partial charge in [0.05, 0.1) is 37.6 Å². The fraction of sp³-hybridized carbons (Fsp3) is 0.538. The molecule has 1 aliphatic rings. The molecule has 8 nitrogen and oxygen atoms in total. The van der Waals surface area contributed by atoms with Crippen LogP contribution in [-0.4, -0.2) is 52.9 Å². The second-order valence-corrected chi connectivity index (χ2v) is 4.87. The minimum atomic E-state index is -0.905. The molecule has 1 unspecified atom stereocenters. The molecule has 1 saturated heterocycles. The molecule has 1 atom stereocenters. The number of aromatic nitrogens is 2. The van der Waals surface area contributed by atoms with E-state index in [9.17, 15) is 14.4 Å². The van der Waals surface area contributed by atoms with Gasteiger partial charge in [-0.2, -0.15) is 5.10 Å². The predicted molar refractivity (Wildman–Crippen MR) is 73.7 cm³/mol. The molecule has 1 aromatic rings. The van der Waals surface area contributed by atoms with E-state index in [0.29, 0.717) is 18.8 Å². The molecule has 0 aromatic carbocycles. The normalized spacial score (nSPS) is 17.4. The summed E-state index contributed by atoms with van der Waals surface area (Å²) in [5.41, 5.74) is 0.0991. The summed E-state index contributed by atoms with van der Waals surface area (Å²) in [6, 6.07) is 0.0282. The molecule has 0 spiro atoms. The number of nitrogens with zero attached hydrogens (tertiary/aromatic N) is 2. The maximum atomic E-state index is 11.7. The van der Waals surface area contributed by atoms with E-state index in [0.717, 1.165) is 6.42 Å². The highest BCUT2D eigenvalue weighted by atomic mass is 16.5. The van der Waals surface area contributed by atoms with E-state index < -0.39 is 11.5 Å². The number of aliphatic carboxylic acids is 1. The van der Waals surface area contributed by atoms with E-state index in [-0.39, 0.29) is 30.4 Å². The molecule has 1 aromatic heterocycles. The zero-order chi connectivity index (χ0) is 15.4. The van der Waals surface area contributed by atoms with Crippen molar-refractivity contribution in [3.05, 3.63) is 22.1 Å². The molecule has 8 heteroatoms. The van der Waals surface area contributed by atoms with Crippen molar-refractivity contribution in [1.82, 2.24) is 10.2 Å². The number of anilines is 1. The first-order valence-electron chi connectivity index (χ1n) is 6.65. The molecule has 2 rings (SSSR count). The average Bonchev–Trinajstić information content (AvgIpc) is 2.36. The van der Waals surface area contributed by atoms with Crippen molar-refractivity contribution < 1.29 is 19.4 Å². The lowest BCUT2D eigenvalue weighted by atomic mass is 10.0. The monoisotopic (exact) mass is 295 g/mol. The lowest BCUT2D eigenvalue weighted by Gasteiger charge is -2.42. The van der Waals surface area contributed by atoms with E-state index in [1.165, 1.54) is 13.1 Å². The van der Waals surface area contributed by atoms with Crippen molar-refractivity contribution in [3.63, 3.8) is 0 Å². The Morgan fingerprint density at radius 1 is 1.57 bits per heavy atom. The summed E-state index contributed by atoms with van der Waals surface area (Å²) in [5.74, 6) is -1.22. The minimum Gasteiger partial charge on any atom is -0.481 e. The number of aromatic amines is 1. The van der Waals surface area contributed by atoms with Crippen LogP contribution in [-0.2, 0) is 9.53 Å². The van der Waals surface area contributed by atoms with Gasteiger partial charge in [-0.05, 0) is 13.3 Å². The van der Waals surface area contributed by atoms with Crippen LogP contribution in [0.25, 0.3) is 0 Å². The van der Waals surface area contributed by atoms with Gasteiger partial charge >= 0.3 is 5.97 Å². The quantitative estimate of drug-likeness (QED) is 0.539. The smallest absolute Gasteiger partial charge is 0.305 e. The van der Waals surface area contributed by atoms with Crippen LogP contribution in [0.2, 0.25) is 0 Å². The highest BCUT2D eigenvalue weighted by Crippen LogP contribution is 2.27. The largest absolute Gasteiger partial charge is 0.481 e. The zero-order valence-electron chi connectivity index (χ0n) is 11.7. The third-order valence-electron chi connectivity index (χ3n) is 3.41. The predicted octanol–water partition coefficient (Wildman–Crippen LogP) is 0.0425. The van der Waals surface area contributed by atoms with Crippen molar-refractivity contribution >= 4 is 17.4 Å². The van der Waals surface area contributed by atoms with Crippen molar-refractivity contribution in [1.29, 1.82) is 0 Å². The van der Waals surface area contributed by atoms with Crippen LogP contribution in [0.15, 0.2) is 11.0 Å². The summed E-state index contributed by atoms with van der Waals surface area (Å²) >= 11 is 0. The lowest BCUT2D eigenvalue weighted by Crippen LogP contribution is -2.51. The summed E-state index contributed by atoms with van der Waals surface area (Å²) in [6.07, 6.45) is 2.27. The SMILES string of the molecule is CC(=O)c1c(N2CCC2COCCC(=O)O)cn[nH]c1=O. The molecule has 0 bridgehead atoms. The third kappa shape index (κ3) is 3.46. The van der Waals surface area contributed by atoms with Gasteiger partial charge in [-0.25, -0.2) is 5.10 Å². The van der Waals surface area contributed by atoms with E-state index in [1.54, 1.807) is 0 Å². The van der Waals surface area contributed by atoms with Crippen molar-refractivity contribution in [2.24, 2.45) is 0 Å². The maximum Gasteiger partial charge on any atom is 0.305 e. The molecule has 1 aliphatic heterocycles. The van der Waals surface area contributed by atoms with Gasteiger partial charge in [0.2, 0.25) is 0 Å². The number of carbonyl (C=O) groups excluding carboxylic acids is 1. The van der Waals surface area contributed by atoms with Gasteiger partial charge in [0, 0.05) is 6.54 Å². The van der Waals surface area contributed by atoms with Crippen LogP contribution >= 0.6 is 0 Å². The highest BCUT2D eigenvalue weighted by molar-refractivity contribution is 5.99. The molecule has 0 saturated carbocycles. The number of nitrogens with one attached hydrogen (secondary N) is 1. The molecule has 1 fully saturated rings. The Labute approximate surface area is 120 Å². The summed E-state index contributed by atoms with van der Waals surface area (Å²) in [5, 5.41) is 14.5. The summed E-state index contributed by atoms with van der Waals surface area (Å²) in [7, 11) is 0. The Kier molecular flexibility index (Phi) is 4.69. The van der Waals surface area contributed by atoms with Crippen molar-refractivity contribution in [2.75, 3.05) is 24.7 Å². The second-order valence-electron chi connectivity index (χ2n) is 4.87. The van der Waals surface area contributed by atoms with E-state index in [1.807, 2.05) is 4.90 Å². The Bertz CT molecular complexity index is 598. The zero-order valence-corrected chi connectivity index (χ0v) is 11.7. The van der Waals surface area contributed by atoms with Gasteiger partial charge in [-0.1, -0.05) is 0 Å².